The zero-order valence-electron chi connectivity index (χ0n) is 8.79. The summed E-state index contributed by atoms with van der Waals surface area (Å²) in [5.41, 5.74) is 4.84. The highest BCUT2D eigenvalue weighted by Crippen LogP contribution is 2.35. The van der Waals surface area contributed by atoms with Gasteiger partial charge in [-0.1, -0.05) is 0 Å². The van der Waals surface area contributed by atoms with Crippen LogP contribution in [0.1, 0.15) is 25.7 Å². The largest absolute Gasteiger partial charge is 0.394 e. The van der Waals surface area contributed by atoms with Crippen molar-refractivity contribution >= 4 is 5.91 Å². The molecule has 0 atom stereocenters. The summed E-state index contributed by atoms with van der Waals surface area (Å²) in [6.07, 6.45) is 2.81. The van der Waals surface area contributed by atoms with Gasteiger partial charge in [-0.15, -0.1) is 0 Å². The van der Waals surface area contributed by atoms with E-state index in [0.29, 0.717) is 26.1 Å². The Bertz CT molecular complexity index is 257. The van der Waals surface area contributed by atoms with Gasteiger partial charge in [0.15, 0.2) is 0 Å². The zero-order valence-corrected chi connectivity index (χ0v) is 8.79. The molecule has 5 nitrogen and oxygen atoms in total. The highest BCUT2D eigenvalue weighted by Gasteiger charge is 2.47. The molecular formula is C10H18N2O3. The third-order valence-corrected chi connectivity index (χ3v) is 3.37. The van der Waals surface area contributed by atoms with Crippen molar-refractivity contribution in [2.24, 2.45) is 5.73 Å². The summed E-state index contributed by atoms with van der Waals surface area (Å²) in [7, 11) is 0. The summed E-state index contributed by atoms with van der Waals surface area (Å²) < 4.78 is 5.18. The first kappa shape index (κ1) is 10.9. The van der Waals surface area contributed by atoms with E-state index in [4.69, 9.17) is 15.6 Å². The lowest BCUT2D eigenvalue weighted by molar-refractivity contribution is -0.131. The number of aliphatic hydroxyl groups excluding tert-OH is 1. The fraction of sp³-hybridized carbons (Fsp3) is 0.900. The fourth-order valence-electron chi connectivity index (χ4n) is 1.80. The molecule has 1 saturated carbocycles. The molecule has 0 aromatic rings. The number of carbonyl (C=O) groups excluding carboxylic acids is 1. The monoisotopic (exact) mass is 214 g/mol. The first-order valence-corrected chi connectivity index (χ1v) is 5.40. The molecule has 5 heteroatoms. The van der Waals surface area contributed by atoms with Gasteiger partial charge in [0.1, 0.15) is 0 Å². The molecule has 0 spiro atoms. The third-order valence-electron chi connectivity index (χ3n) is 3.37. The molecule has 1 aliphatic heterocycles. The number of rotatable bonds is 3. The maximum absolute atomic E-state index is 11.9. The van der Waals surface area contributed by atoms with Crippen molar-refractivity contribution in [1.29, 1.82) is 0 Å². The van der Waals surface area contributed by atoms with Gasteiger partial charge < -0.3 is 20.9 Å². The van der Waals surface area contributed by atoms with Gasteiger partial charge in [0.2, 0.25) is 5.91 Å². The first-order valence-electron chi connectivity index (χ1n) is 5.40. The second-order valence-electron chi connectivity index (χ2n) is 4.66. The van der Waals surface area contributed by atoms with Gasteiger partial charge in [0.25, 0.3) is 0 Å². The minimum atomic E-state index is -0.803. The molecule has 1 heterocycles. The van der Waals surface area contributed by atoms with Crippen LogP contribution in [0.3, 0.4) is 0 Å². The van der Waals surface area contributed by atoms with Gasteiger partial charge in [0.05, 0.1) is 17.7 Å². The van der Waals surface area contributed by atoms with Gasteiger partial charge in [0, 0.05) is 13.2 Å². The highest BCUT2D eigenvalue weighted by atomic mass is 16.5. The van der Waals surface area contributed by atoms with E-state index in [1.54, 1.807) is 0 Å². The van der Waals surface area contributed by atoms with Crippen LogP contribution in [-0.2, 0) is 9.53 Å². The Hall–Kier alpha value is -0.650. The van der Waals surface area contributed by atoms with E-state index in [1.165, 1.54) is 0 Å². The van der Waals surface area contributed by atoms with E-state index >= 15 is 0 Å². The predicted molar refractivity (Wildman–Crippen MR) is 54.2 cm³/mol. The second-order valence-corrected chi connectivity index (χ2v) is 4.66. The summed E-state index contributed by atoms with van der Waals surface area (Å²) in [5.74, 6) is -0.141. The van der Waals surface area contributed by atoms with Crippen LogP contribution in [0.4, 0.5) is 0 Å². The van der Waals surface area contributed by atoms with Gasteiger partial charge in [-0.25, -0.2) is 0 Å². The molecule has 15 heavy (non-hydrogen) atoms. The van der Waals surface area contributed by atoms with E-state index in [9.17, 15) is 4.79 Å². The van der Waals surface area contributed by atoms with E-state index in [0.717, 1.165) is 12.8 Å². The van der Waals surface area contributed by atoms with Crippen molar-refractivity contribution < 1.29 is 14.6 Å². The average molecular weight is 214 g/mol. The van der Waals surface area contributed by atoms with Gasteiger partial charge in [-0.05, 0) is 25.7 Å². The molecule has 0 radical (unpaired) electrons. The van der Waals surface area contributed by atoms with Crippen molar-refractivity contribution in [3.63, 3.8) is 0 Å². The van der Waals surface area contributed by atoms with Crippen molar-refractivity contribution in [3.05, 3.63) is 0 Å². The lowest BCUT2D eigenvalue weighted by atomic mass is 9.90. The summed E-state index contributed by atoms with van der Waals surface area (Å²) in [6.45, 7) is 1.08. The Kier molecular flexibility index (Phi) is 2.70. The van der Waals surface area contributed by atoms with Crippen molar-refractivity contribution in [1.82, 2.24) is 5.32 Å². The van der Waals surface area contributed by atoms with Crippen LogP contribution >= 0.6 is 0 Å². The van der Waals surface area contributed by atoms with Crippen molar-refractivity contribution in [2.75, 3.05) is 19.8 Å². The molecule has 4 N–H and O–H groups in total. The second kappa shape index (κ2) is 3.73. The Morgan fingerprint density at radius 1 is 1.33 bits per heavy atom. The Morgan fingerprint density at radius 3 is 2.40 bits per heavy atom. The topological polar surface area (TPSA) is 84.6 Å². The normalized spacial score (nSPS) is 27.1. The fourth-order valence-corrected chi connectivity index (χ4v) is 1.80. The van der Waals surface area contributed by atoms with Gasteiger partial charge >= 0.3 is 0 Å². The van der Waals surface area contributed by atoms with E-state index in [1.807, 2.05) is 0 Å². The number of nitrogens with one attached hydrogen (secondary N) is 1. The molecule has 0 unspecified atom stereocenters. The highest BCUT2D eigenvalue weighted by molar-refractivity contribution is 5.87. The molecule has 1 saturated heterocycles. The molecule has 2 aliphatic rings. The quantitative estimate of drug-likeness (QED) is 0.570. The standard InChI is InChI=1S/C10H18N2O3/c11-10(3-5-15-6-4-10)8(14)12-9(7-13)1-2-9/h13H,1-7,11H2,(H,12,14). The number of carbonyl (C=O) groups is 1. The SMILES string of the molecule is NC1(C(=O)NC2(CO)CC2)CCOCC1. The average Bonchev–Trinajstić information content (AvgIpc) is 3.00. The summed E-state index contributed by atoms with van der Waals surface area (Å²) in [4.78, 5) is 11.9. The lowest BCUT2D eigenvalue weighted by Crippen LogP contribution is -2.59. The molecule has 0 bridgehead atoms. The maximum Gasteiger partial charge on any atom is 0.240 e. The van der Waals surface area contributed by atoms with Crippen LogP contribution in [0.2, 0.25) is 0 Å². The molecule has 2 rings (SSSR count). The van der Waals surface area contributed by atoms with E-state index in [2.05, 4.69) is 5.32 Å². The lowest BCUT2D eigenvalue weighted by Gasteiger charge is -2.33. The van der Waals surface area contributed by atoms with Crippen LogP contribution in [-0.4, -0.2) is 41.9 Å². The molecule has 0 aromatic heterocycles. The van der Waals surface area contributed by atoms with Gasteiger partial charge in [-0.3, -0.25) is 4.79 Å². The third kappa shape index (κ3) is 2.14. The Morgan fingerprint density at radius 2 is 1.93 bits per heavy atom. The zero-order chi connectivity index (χ0) is 10.9. The molecular weight excluding hydrogens is 196 g/mol. The van der Waals surface area contributed by atoms with Crippen LogP contribution in [0.5, 0.6) is 0 Å². The van der Waals surface area contributed by atoms with Gasteiger partial charge in [-0.2, -0.15) is 0 Å². The number of nitrogens with two attached hydrogens (primary N) is 1. The maximum atomic E-state index is 11.9. The summed E-state index contributed by atoms with van der Waals surface area (Å²) in [5, 5.41) is 12.0. The van der Waals surface area contributed by atoms with Crippen molar-refractivity contribution in [3.8, 4) is 0 Å². The number of amides is 1. The summed E-state index contributed by atoms with van der Waals surface area (Å²) in [6, 6.07) is 0. The number of aliphatic hydroxyl groups is 1. The van der Waals surface area contributed by atoms with Crippen molar-refractivity contribution in [2.45, 2.75) is 36.8 Å². The van der Waals surface area contributed by atoms with Crippen LogP contribution < -0.4 is 11.1 Å². The number of hydrogen-bond donors (Lipinski definition) is 3. The molecule has 1 amide bonds. The Balaban J connectivity index is 1.94. The van der Waals surface area contributed by atoms with Crippen LogP contribution in [0.25, 0.3) is 0 Å². The molecule has 0 aromatic carbocycles. The minimum absolute atomic E-state index is 0.00528. The predicted octanol–water partition coefficient (Wildman–Crippen LogP) is -0.865. The Labute approximate surface area is 89.0 Å². The van der Waals surface area contributed by atoms with Crippen LogP contribution in [0, 0.1) is 0 Å². The van der Waals surface area contributed by atoms with E-state index < -0.39 is 5.54 Å². The smallest absolute Gasteiger partial charge is 0.240 e. The van der Waals surface area contributed by atoms with Crippen LogP contribution in [0.15, 0.2) is 0 Å². The molecule has 86 valence electrons. The number of hydrogen-bond acceptors (Lipinski definition) is 4. The summed E-state index contributed by atoms with van der Waals surface area (Å²) >= 11 is 0. The number of ether oxygens (including phenoxy) is 1. The molecule has 1 aliphatic carbocycles. The minimum Gasteiger partial charge on any atom is -0.394 e. The molecule has 2 fully saturated rings. The van der Waals surface area contributed by atoms with E-state index in [-0.39, 0.29) is 18.1 Å². The first-order chi connectivity index (χ1) is 7.10.